The lowest BCUT2D eigenvalue weighted by atomic mass is 10.1. The van der Waals surface area contributed by atoms with Gasteiger partial charge in [0.2, 0.25) is 5.91 Å². The second-order valence-corrected chi connectivity index (χ2v) is 5.74. The molecule has 1 saturated heterocycles. The molecule has 1 fully saturated rings. The third-order valence-corrected chi connectivity index (χ3v) is 4.07. The Hall–Kier alpha value is -0.680. The normalized spacial score (nSPS) is 27.1. The Bertz CT molecular complexity index is 271. The number of hydrogen-bond acceptors (Lipinski definition) is 3. The molecule has 0 aromatic carbocycles. The van der Waals surface area contributed by atoms with Gasteiger partial charge in [-0.25, -0.2) is 0 Å². The van der Waals surface area contributed by atoms with Crippen molar-refractivity contribution in [2.75, 3.05) is 18.1 Å². The molecule has 0 bridgehead atoms. The summed E-state index contributed by atoms with van der Waals surface area (Å²) in [6, 6.07) is 0.124. The van der Waals surface area contributed by atoms with Gasteiger partial charge in [0.15, 0.2) is 0 Å². The second kappa shape index (κ2) is 6.81. The van der Waals surface area contributed by atoms with Gasteiger partial charge in [-0.2, -0.15) is 0 Å². The van der Waals surface area contributed by atoms with Crippen LogP contribution >= 0.6 is 0 Å². The van der Waals surface area contributed by atoms with Crippen LogP contribution in [-0.4, -0.2) is 40.3 Å². The van der Waals surface area contributed by atoms with Crippen LogP contribution in [0.15, 0.2) is 12.7 Å². The lowest BCUT2D eigenvalue weighted by Gasteiger charge is -2.25. The molecule has 0 saturated carbocycles. The minimum atomic E-state index is -0.645. The van der Waals surface area contributed by atoms with E-state index >= 15 is 0 Å². The standard InChI is InChI=1S/C11H20N2O2S/c1-3-6-12-11(14)9(2)13-10-4-7-16(15)8-5-10/h3,9-10,13H,1,4-8H2,2H3,(H,12,14). The van der Waals surface area contributed by atoms with Gasteiger partial charge in [0.1, 0.15) is 0 Å². The topological polar surface area (TPSA) is 58.2 Å². The average molecular weight is 244 g/mol. The molecule has 0 aromatic rings. The van der Waals surface area contributed by atoms with E-state index in [4.69, 9.17) is 0 Å². The summed E-state index contributed by atoms with van der Waals surface area (Å²) < 4.78 is 11.2. The van der Waals surface area contributed by atoms with Crippen LogP contribution in [-0.2, 0) is 15.6 Å². The zero-order chi connectivity index (χ0) is 12.0. The molecule has 5 heteroatoms. The molecule has 2 N–H and O–H groups in total. The third-order valence-electron chi connectivity index (χ3n) is 2.69. The Morgan fingerprint density at radius 1 is 1.56 bits per heavy atom. The first-order valence-corrected chi connectivity index (χ1v) is 7.12. The van der Waals surface area contributed by atoms with Gasteiger partial charge in [-0.15, -0.1) is 6.58 Å². The Morgan fingerprint density at radius 2 is 2.19 bits per heavy atom. The second-order valence-electron chi connectivity index (χ2n) is 4.04. The van der Waals surface area contributed by atoms with E-state index in [0.29, 0.717) is 12.6 Å². The first kappa shape index (κ1) is 13.4. The first-order valence-electron chi connectivity index (χ1n) is 5.63. The molecule has 0 radical (unpaired) electrons. The monoisotopic (exact) mass is 244 g/mol. The molecule has 0 aromatic heterocycles. The summed E-state index contributed by atoms with van der Waals surface area (Å²) in [6.07, 6.45) is 3.45. The number of nitrogens with one attached hydrogen (secondary N) is 2. The fourth-order valence-electron chi connectivity index (χ4n) is 1.72. The maximum atomic E-state index is 11.6. The van der Waals surface area contributed by atoms with Crippen molar-refractivity contribution in [3.63, 3.8) is 0 Å². The van der Waals surface area contributed by atoms with E-state index in [1.54, 1.807) is 6.08 Å². The maximum absolute atomic E-state index is 11.6. The molecule has 1 atom stereocenters. The Kier molecular flexibility index (Phi) is 5.69. The highest BCUT2D eigenvalue weighted by atomic mass is 32.2. The molecule has 1 aliphatic heterocycles. The first-order chi connectivity index (χ1) is 7.63. The van der Waals surface area contributed by atoms with Gasteiger partial charge >= 0.3 is 0 Å². The van der Waals surface area contributed by atoms with Gasteiger partial charge in [0, 0.05) is 34.9 Å². The summed E-state index contributed by atoms with van der Waals surface area (Å²) in [6.45, 7) is 5.90. The molecule has 0 spiro atoms. The molecule has 16 heavy (non-hydrogen) atoms. The Balaban J connectivity index is 2.27. The van der Waals surface area contributed by atoms with Gasteiger partial charge in [-0.1, -0.05) is 6.08 Å². The van der Waals surface area contributed by atoms with Crippen LogP contribution < -0.4 is 10.6 Å². The fraction of sp³-hybridized carbons (Fsp3) is 0.727. The third kappa shape index (κ3) is 4.45. The lowest BCUT2D eigenvalue weighted by molar-refractivity contribution is -0.122. The lowest BCUT2D eigenvalue weighted by Crippen LogP contribution is -2.48. The summed E-state index contributed by atoms with van der Waals surface area (Å²) in [4.78, 5) is 11.6. The van der Waals surface area contributed by atoms with Gasteiger partial charge < -0.3 is 10.6 Å². The SMILES string of the molecule is C=CCNC(=O)C(C)NC1CCS(=O)CC1. The van der Waals surface area contributed by atoms with Crippen molar-refractivity contribution in [3.05, 3.63) is 12.7 Å². The van der Waals surface area contributed by atoms with E-state index in [2.05, 4.69) is 17.2 Å². The predicted molar refractivity (Wildman–Crippen MR) is 66.7 cm³/mol. The molecule has 1 amide bonds. The average Bonchev–Trinajstić information content (AvgIpc) is 2.29. The Morgan fingerprint density at radius 3 is 2.75 bits per heavy atom. The van der Waals surface area contributed by atoms with E-state index in [9.17, 15) is 9.00 Å². The minimum Gasteiger partial charge on any atom is -0.351 e. The number of hydrogen-bond donors (Lipinski definition) is 2. The summed E-state index contributed by atoms with van der Waals surface area (Å²) in [7, 11) is -0.645. The molecule has 1 unspecified atom stereocenters. The maximum Gasteiger partial charge on any atom is 0.237 e. The van der Waals surface area contributed by atoms with Crippen molar-refractivity contribution in [1.82, 2.24) is 10.6 Å². The zero-order valence-electron chi connectivity index (χ0n) is 9.70. The summed E-state index contributed by atoms with van der Waals surface area (Å²) in [5.41, 5.74) is 0. The van der Waals surface area contributed by atoms with E-state index in [1.165, 1.54) is 0 Å². The highest BCUT2D eigenvalue weighted by Gasteiger charge is 2.21. The van der Waals surface area contributed by atoms with Crippen molar-refractivity contribution in [2.45, 2.75) is 31.8 Å². The highest BCUT2D eigenvalue weighted by Crippen LogP contribution is 2.09. The quantitative estimate of drug-likeness (QED) is 0.678. The molecule has 4 nitrogen and oxygen atoms in total. The van der Waals surface area contributed by atoms with Gasteiger partial charge in [0.25, 0.3) is 0 Å². The zero-order valence-corrected chi connectivity index (χ0v) is 10.5. The van der Waals surface area contributed by atoms with E-state index < -0.39 is 10.8 Å². The van der Waals surface area contributed by atoms with Crippen LogP contribution in [0, 0.1) is 0 Å². The van der Waals surface area contributed by atoms with Crippen molar-refractivity contribution < 1.29 is 9.00 Å². The van der Waals surface area contributed by atoms with Crippen LogP contribution in [0.1, 0.15) is 19.8 Å². The summed E-state index contributed by atoms with van der Waals surface area (Å²) >= 11 is 0. The van der Waals surface area contributed by atoms with Crippen molar-refractivity contribution in [2.24, 2.45) is 0 Å². The number of carbonyl (C=O) groups is 1. The Labute approximate surface area is 99.3 Å². The summed E-state index contributed by atoms with van der Waals surface area (Å²) in [5.74, 6) is 1.49. The number of carbonyl (C=O) groups excluding carboxylic acids is 1. The molecule has 1 aliphatic rings. The predicted octanol–water partition coefficient (Wildman–Crippen LogP) is 0.178. The van der Waals surface area contributed by atoms with Crippen LogP contribution in [0.2, 0.25) is 0 Å². The van der Waals surface area contributed by atoms with Crippen molar-refractivity contribution in [1.29, 1.82) is 0 Å². The molecule has 92 valence electrons. The fourth-order valence-corrected chi connectivity index (χ4v) is 3.01. The molecule has 0 aliphatic carbocycles. The molecule has 1 heterocycles. The van der Waals surface area contributed by atoms with Crippen LogP contribution in [0.25, 0.3) is 0 Å². The largest absolute Gasteiger partial charge is 0.351 e. The van der Waals surface area contributed by atoms with E-state index in [0.717, 1.165) is 24.3 Å². The van der Waals surface area contributed by atoms with Gasteiger partial charge in [-0.3, -0.25) is 9.00 Å². The molecule has 1 rings (SSSR count). The smallest absolute Gasteiger partial charge is 0.237 e. The minimum absolute atomic E-state index is 0.00778. The number of rotatable bonds is 5. The number of amides is 1. The van der Waals surface area contributed by atoms with Crippen LogP contribution in [0.3, 0.4) is 0 Å². The summed E-state index contributed by atoms with van der Waals surface area (Å²) in [5, 5.41) is 6.02. The van der Waals surface area contributed by atoms with E-state index in [1.807, 2.05) is 6.92 Å². The van der Waals surface area contributed by atoms with Gasteiger partial charge in [-0.05, 0) is 19.8 Å². The highest BCUT2D eigenvalue weighted by molar-refractivity contribution is 7.85. The van der Waals surface area contributed by atoms with Crippen molar-refractivity contribution >= 4 is 16.7 Å². The molecular weight excluding hydrogens is 224 g/mol. The molecular formula is C11H20N2O2S. The van der Waals surface area contributed by atoms with Crippen LogP contribution in [0.4, 0.5) is 0 Å². The van der Waals surface area contributed by atoms with Gasteiger partial charge in [0.05, 0.1) is 6.04 Å². The van der Waals surface area contributed by atoms with Crippen LogP contribution in [0.5, 0.6) is 0 Å². The van der Waals surface area contributed by atoms with E-state index in [-0.39, 0.29) is 11.9 Å². The van der Waals surface area contributed by atoms with Crippen molar-refractivity contribution in [3.8, 4) is 0 Å².